The summed E-state index contributed by atoms with van der Waals surface area (Å²) < 4.78 is 4.51. The van der Waals surface area contributed by atoms with Crippen LogP contribution >= 0.6 is 0 Å². The fraction of sp³-hybridized carbons (Fsp3) is 0. The van der Waals surface area contributed by atoms with E-state index in [9.17, 15) is 0 Å². The molecule has 26 rings (SSSR count). The van der Waals surface area contributed by atoms with Crippen molar-refractivity contribution in [1.29, 1.82) is 0 Å². The predicted molar refractivity (Wildman–Crippen MR) is 529 cm³/mol. The van der Waals surface area contributed by atoms with Crippen LogP contribution < -0.4 is 0 Å². The first-order valence-corrected chi connectivity index (χ1v) is 43.0. The molecule has 11 nitrogen and oxygen atoms in total. The number of imidazole rings is 2. The molecular weight excluding hydrogens is 1560 g/mol. The van der Waals surface area contributed by atoms with Crippen molar-refractivity contribution in [3.63, 3.8) is 0 Å². The second kappa shape index (κ2) is 31.5. The molecule has 0 fully saturated rings. The van der Waals surface area contributed by atoms with Crippen LogP contribution in [0.2, 0.25) is 0 Å². The molecule has 26 aromatic rings. The van der Waals surface area contributed by atoms with Gasteiger partial charge in [0.1, 0.15) is 11.6 Å². The van der Waals surface area contributed by atoms with E-state index in [1.807, 2.05) is 85.3 Å². The van der Waals surface area contributed by atoms with E-state index >= 15 is 0 Å². The molecule has 0 N–H and O–H groups in total. The first kappa shape index (κ1) is 74.4. The zero-order valence-electron chi connectivity index (χ0n) is 69.1. The molecule has 0 bridgehead atoms. The van der Waals surface area contributed by atoms with Crippen LogP contribution in [0.25, 0.3) is 243 Å². The SMILES string of the molecule is c1ccc(-c2nc3ccccc3n2-c2ccc(-c3ccc(-c4c5ccccc5nc5c4ccc4cccnc45)cc3)cc2)cc1.c1ccc(-c2nc3ccccc3n2-c2cccc(-c3c4ccccc4nc4c3ccc3cccnc34)c2)cc1.c1ccc2nc(-c3ccc(-c4ccc5cc(-c6c7ccccc7nc7c6ccc6cccnc67)ccc5c4)cc3)ccc2c1. The molecule has 0 saturated carbocycles. The lowest BCUT2D eigenvalue weighted by atomic mass is 9.92. The highest BCUT2D eigenvalue weighted by atomic mass is 15.1. The van der Waals surface area contributed by atoms with E-state index in [1.54, 1.807) is 0 Å². The molecule has 0 amide bonds. The minimum atomic E-state index is 0.921. The molecule has 0 spiro atoms. The van der Waals surface area contributed by atoms with Crippen molar-refractivity contribution < 1.29 is 0 Å². The standard InChI is InChI=1S/C41H26N4.C41H25N3.C35H22N4/c1-2-9-31(10-3-1)41-44-36-14-6-7-15-37(36)45(41)32-23-20-28(21-24-32)27-16-18-29(19-17-27)38-33-12-4-5-13-35(33)43-40-34(38)25-22-30-11-8-26-42-39(30)40;1-3-9-36-27(6-1)20-22-37(43-36)28-13-11-26(12-14-28)30-15-16-32-25-33(18-17-31(32)24-30)39-34-8-2-4-10-38(34)44-41-35(39)21-19-29-7-5-23-42-40(29)41;1-2-10-24(11-3-1)35-38-30-17-6-7-18-31(30)39(35)26-14-8-12-25(22-26)32-27-15-4-5-16-29(27)37-34-28(32)20-19-23-13-9-21-36-33(23)34/h1-26H;1-25H;1-22H. The van der Waals surface area contributed by atoms with E-state index in [4.69, 9.17) is 44.9 Å². The topological polar surface area (TPSA) is 126 Å². The first-order valence-electron chi connectivity index (χ1n) is 43.0. The van der Waals surface area contributed by atoms with Gasteiger partial charge in [-0.25, -0.2) is 29.9 Å². The Labute approximate surface area is 735 Å². The fourth-order valence-corrected chi connectivity index (χ4v) is 18.6. The van der Waals surface area contributed by atoms with Gasteiger partial charge in [-0.1, -0.05) is 315 Å². The molecule has 0 atom stereocenters. The van der Waals surface area contributed by atoms with Crippen LogP contribution in [0.1, 0.15) is 0 Å². The fourth-order valence-electron chi connectivity index (χ4n) is 18.6. The van der Waals surface area contributed by atoms with E-state index in [0.717, 1.165) is 199 Å². The molecular formula is C117H73N11. The van der Waals surface area contributed by atoms with Crippen molar-refractivity contribution in [2.75, 3.05) is 0 Å². The number of hydrogen-bond donors (Lipinski definition) is 0. The van der Waals surface area contributed by atoms with Crippen LogP contribution in [-0.2, 0) is 0 Å². The number of aromatic nitrogens is 11. The quantitative estimate of drug-likeness (QED) is 0.0972. The zero-order chi connectivity index (χ0) is 84.5. The number of rotatable bonds is 10. The molecule has 11 heteroatoms. The van der Waals surface area contributed by atoms with Crippen LogP contribution in [0.3, 0.4) is 0 Å². The van der Waals surface area contributed by atoms with Gasteiger partial charge in [-0.05, 0) is 159 Å². The summed E-state index contributed by atoms with van der Waals surface area (Å²) in [4.78, 5) is 44.2. The second-order valence-corrected chi connectivity index (χ2v) is 32.3. The summed E-state index contributed by atoms with van der Waals surface area (Å²) in [5.74, 6) is 1.86. The normalized spacial score (nSPS) is 11.6. The Morgan fingerprint density at radius 2 is 0.516 bits per heavy atom. The van der Waals surface area contributed by atoms with Gasteiger partial charge >= 0.3 is 0 Å². The lowest BCUT2D eigenvalue weighted by Crippen LogP contribution is -1.98. The first-order chi connectivity index (χ1) is 63.4. The number of fused-ring (bicyclic) bond motifs is 16. The Hall–Kier alpha value is -17.4. The van der Waals surface area contributed by atoms with Crippen LogP contribution in [0.5, 0.6) is 0 Å². The molecule has 9 aromatic heterocycles. The lowest BCUT2D eigenvalue weighted by molar-refractivity contribution is 1.10. The maximum absolute atomic E-state index is 5.08. The van der Waals surface area contributed by atoms with Gasteiger partial charge in [-0.3, -0.25) is 24.1 Å². The van der Waals surface area contributed by atoms with Gasteiger partial charge in [0.2, 0.25) is 0 Å². The number of benzene rings is 17. The predicted octanol–water partition coefficient (Wildman–Crippen LogP) is 29.5. The number of pyridine rings is 7. The number of nitrogens with zero attached hydrogens (tertiary/aromatic N) is 11. The third-order valence-electron chi connectivity index (χ3n) is 24.7. The zero-order valence-corrected chi connectivity index (χ0v) is 69.1. The Balaban J connectivity index is 0.000000107. The molecule has 0 aliphatic carbocycles. The Bertz CT molecular complexity index is 8880. The second-order valence-electron chi connectivity index (χ2n) is 32.3. The van der Waals surface area contributed by atoms with Crippen molar-refractivity contribution in [2.24, 2.45) is 0 Å². The highest BCUT2D eigenvalue weighted by molar-refractivity contribution is 6.19. The average Bonchev–Trinajstić information content (AvgIpc) is 0.940. The van der Waals surface area contributed by atoms with Crippen molar-refractivity contribution >= 4 is 142 Å². The van der Waals surface area contributed by atoms with E-state index in [2.05, 4.69) is 367 Å². The third-order valence-corrected chi connectivity index (χ3v) is 24.7. The van der Waals surface area contributed by atoms with Gasteiger partial charge < -0.3 is 0 Å². The van der Waals surface area contributed by atoms with E-state index in [0.29, 0.717) is 0 Å². The Morgan fingerprint density at radius 3 is 1.02 bits per heavy atom. The van der Waals surface area contributed by atoms with Crippen molar-refractivity contribution in [3.8, 4) is 101 Å². The minimum Gasteiger partial charge on any atom is -0.292 e. The summed E-state index contributed by atoms with van der Waals surface area (Å²) in [6.07, 6.45) is 5.53. The monoisotopic (exact) mass is 1630 g/mol. The summed E-state index contributed by atoms with van der Waals surface area (Å²) in [5.41, 5.74) is 31.8. The average molecular weight is 1630 g/mol. The van der Waals surface area contributed by atoms with Gasteiger partial charge in [0, 0.05) is 117 Å². The van der Waals surface area contributed by atoms with Gasteiger partial charge in [0.05, 0.1) is 82.9 Å². The summed E-state index contributed by atoms with van der Waals surface area (Å²) >= 11 is 0. The largest absolute Gasteiger partial charge is 0.292 e. The van der Waals surface area contributed by atoms with Crippen molar-refractivity contribution in [1.82, 2.24) is 54.0 Å². The van der Waals surface area contributed by atoms with Crippen LogP contribution in [-0.4, -0.2) is 54.0 Å². The molecule has 596 valence electrons. The lowest BCUT2D eigenvalue weighted by Gasteiger charge is -2.15. The maximum atomic E-state index is 5.08. The van der Waals surface area contributed by atoms with Crippen LogP contribution in [0.4, 0.5) is 0 Å². The Kier molecular flexibility index (Phi) is 18.3. The molecule has 9 heterocycles. The van der Waals surface area contributed by atoms with Gasteiger partial charge in [-0.2, -0.15) is 0 Å². The van der Waals surface area contributed by atoms with E-state index in [-0.39, 0.29) is 0 Å². The summed E-state index contributed by atoms with van der Waals surface area (Å²) in [6, 6.07) is 149. The Morgan fingerprint density at radius 1 is 0.164 bits per heavy atom. The summed E-state index contributed by atoms with van der Waals surface area (Å²) in [5, 5.41) is 13.6. The molecule has 0 aliphatic heterocycles. The third kappa shape index (κ3) is 13.3. The van der Waals surface area contributed by atoms with Crippen LogP contribution in [0, 0.1) is 0 Å². The van der Waals surface area contributed by atoms with Crippen molar-refractivity contribution in [2.45, 2.75) is 0 Å². The molecule has 0 aliphatic rings. The van der Waals surface area contributed by atoms with E-state index in [1.165, 1.54) is 44.2 Å². The molecule has 0 radical (unpaired) electrons. The van der Waals surface area contributed by atoms with Gasteiger partial charge in [0.15, 0.2) is 0 Å². The number of para-hydroxylation sites is 8. The number of hydrogen-bond acceptors (Lipinski definition) is 9. The van der Waals surface area contributed by atoms with Crippen molar-refractivity contribution in [3.05, 3.63) is 443 Å². The molecule has 0 saturated heterocycles. The summed E-state index contributed by atoms with van der Waals surface area (Å²) in [6.45, 7) is 0. The summed E-state index contributed by atoms with van der Waals surface area (Å²) in [7, 11) is 0. The van der Waals surface area contributed by atoms with Gasteiger partial charge in [-0.15, -0.1) is 0 Å². The molecule has 0 unspecified atom stereocenters. The smallest absolute Gasteiger partial charge is 0.145 e. The highest BCUT2D eigenvalue weighted by Crippen LogP contribution is 2.44. The van der Waals surface area contributed by atoms with Crippen LogP contribution in [0.15, 0.2) is 443 Å². The molecule has 17 aromatic carbocycles. The molecule has 128 heavy (non-hydrogen) atoms. The highest BCUT2D eigenvalue weighted by Gasteiger charge is 2.23. The van der Waals surface area contributed by atoms with E-state index < -0.39 is 0 Å². The van der Waals surface area contributed by atoms with Gasteiger partial charge in [0.25, 0.3) is 0 Å². The maximum Gasteiger partial charge on any atom is 0.145 e. The minimum absolute atomic E-state index is 0.921.